The molecule has 1 saturated heterocycles. The fraction of sp³-hybridized carbons (Fsp3) is 0.600. The lowest BCUT2D eigenvalue weighted by Crippen LogP contribution is -2.47. The van der Waals surface area contributed by atoms with Crippen LogP contribution in [0.25, 0.3) is 0 Å². The summed E-state index contributed by atoms with van der Waals surface area (Å²) in [4.78, 5) is 29.1. The molecule has 0 aromatic heterocycles. The van der Waals surface area contributed by atoms with Crippen molar-refractivity contribution in [3.8, 4) is 0 Å². The highest BCUT2D eigenvalue weighted by Crippen LogP contribution is 2.27. The summed E-state index contributed by atoms with van der Waals surface area (Å²) in [5.74, 6) is 0.426. The molecular weight excluding hydrogens is 314 g/mol. The summed E-state index contributed by atoms with van der Waals surface area (Å²) < 4.78 is 0. The second-order valence-corrected chi connectivity index (χ2v) is 7.31. The highest BCUT2D eigenvalue weighted by atomic mass is 16.2. The van der Waals surface area contributed by atoms with Crippen molar-refractivity contribution >= 4 is 11.8 Å². The van der Waals surface area contributed by atoms with Crippen molar-refractivity contribution in [3.63, 3.8) is 0 Å². The molecular formula is C20H31N3O2. The minimum atomic E-state index is -0.533. The number of likely N-dealkylation sites (tertiary alicyclic amines) is 1. The maximum Gasteiger partial charge on any atom is 0.249 e. The standard InChI is InChI=1S/C20H31N3O2/c1-15(2)17(21)12-14-22(3)20(25)19(16-9-5-4-6-10-16)23-13-8-7-11-18(23)24/h4-6,9-10,15,17,19H,7-8,11-14,21H2,1-3H3. The number of carbonyl (C=O) groups is 2. The molecule has 2 unspecified atom stereocenters. The molecule has 1 aliphatic rings. The van der Waals surface area contributed by atoms with Crippen LogP contribution in [0.2, 0.25) is 0 Å². The van der Waals surface area contributed by atoms with E-state index in [0.29, 0.717) is 25.4 Å². The number of nitrogens with zero attached hydrogens (tertiary/aromatic N) is 2. The molecule has 1 aromatic carbocycles. The minimum absolute atomic E-state index is 0.0302. The van der Waals surface area contributed by atoms with E-state index in [2.05, 4.69) is 13.8 Å². The number of piperidine rings is 1. The SMILES string of the molecule is CC(C)C(N)CCN(C)C(=O)C(c1ccccc1)N1CCCCC1=O. The number of hydrogen-bond acceptors (Lipinski definition) is 3. The van der Waals surface area contributed by atoms with Crippen molar-refractivity contribution in [1.29, 1.82) is 0 Å². The second-order valence-electron chi connectivity index (χ2n) is 7.31. The van der Waals surface area contributed by atoms with E-state index in [9.17, 15) is 9.59 Å². The average molecular weight is 345 g/mol. The zero-order valence-electron chi connectivity index (χ0n) is 15.6. The molecule has 2 atom stereocenters. The lowest BCUT2D eigenvalue weighted by Gasteiger charge is -2.36. The topological polar surface area (TPSA) is 66.6 Å². The molecule has 25 heavy (non-hydrogen) atoms. The molecule has 0 radical (unpaired) electrons. The van der Waals surface area contributed by atoms with Crippen LogP contribution in [-0.4, -0.2) is 47.8 Å². The predicted octanol–water partition coefficient (Wildman–Crippen LogP) is 2.57. The summed E-state index contributed by atoms with van der Waals surface area (Å²) in [5, 5.41) is 0. The van der Waals surface area contributed by atoms with Crippen LogP contribution in [0.3, 0.4) is 0 Å². The highest BCUT2D eigenvalue weighted by Gasteiger charge is 2.34. The Hall–Kier alpha value is -1.88. The summed E-state index contributed by atoms with van der Waals surface area (Å²) in [5.41, 5.74) is 6.99. The van der Waals surface area contributed by atoms with E-state index in [1.165, 1.54) is 0 Å². The van der Waals surface area contributed by atoms with Gasteiger partial charge in [-0.1, -0.05) is 44.2 Å². The number of amides is 2. The Kier molecular flexibility index (Phi) is 7.00. The summed E-state index contributed by atoms with van der Waals surface area (Å²) in [6, 6.07) is 9.15. The lowest BCUT2D eigenvalue weighted by atomic mass is 9.99. The first-order chi connectivity index (χ1) is 11.9. The van der Waals surface area contributed by atoms with E-state index in [1.54, 1.807) is 16.8 Å². The van der Waals surface area contributed by atoms with E-state index in [-0.39, 0.29) is 17.9 Å². The Morgan fingerprint density at radius 3 is 2.52 bits per heavy atom. The van der Waals surface area contributed by atoms with Gasteiger partial charge in [-0.3, -0.25) is 9.59 Å². The predicted molar refractivity (Wildman–Crippen MR) is 99.8 cm³/mol. The van der Waals surface area contributed by atoms with Crippen molar-refractivity contribution in [2.75, 3.05) is 20.1 Å². The van der Waals surface area contributed by atoms with Crippen LogP contribution < -0.4 is 5.73 Å². The first kappa shape index (κ1) is 19.4. The molecule has 2 N–H and O–H groups in total. The lowest BCUT2D eigenvalue weighted by molar-refractivity contribution is -0.147. The fourth-order valence-electron chi connectivity index (χ4n) is 3.19. The Bertz CT molecular complexity index is 574. The highest BCUT2D eigenvalue weighted by molar-refractivity contribution is 5.89. The van der Waals surface area contributed by atoms with Crippen LogP contribution in [0.4, 0.5) is 0 Å². The summed E-state index contributed by atoms with van der Waals surface area (Å²) in [7, 11) is 1.81. The van der Waals surface area contributed by atoms with Gasteiger partial charge in [0.05, 0.1) is 0 Å². The zero-order valence-corrected chi connectivity index (χ0v) is 15.6. The van der Waals surface area contributed by atoms with Crippen LogP contribution in [0.1, 0.15) is 51.1 Å². The largest absolute Gasteiger partial charge is 0.344 e. The van der Waals surface area contributed by atoms with E-state index in [4.69, 9.17) is 5.73 Å². The molecule has 0 spiro atoms. The Morgan fingerprint density at radius 2 is 1.92 bits per heavy atom. The molecule has 1 fully saturated rings. The van der Waals surface area contributed by atoms with Gasteiger partial charge in [-0.05, 0) is 30.7 Å². The van der Waals surface area contributed by atoms with E-state index >= 15 is 0 Å². The number of rotatable bonds is 7. The fourth-order valence-corrected chi connectivity index (χ4v) is 3.19. The summed E-state index contributed by atoms with van der Waals surface area (Å²) in [6.07, 6.45) is 3.14. The van der Waals surface area contributed by atoms with Gasteiger partial charge in [0.1, 0.15) is 6.04 Å². The van der Waals surface area contributed by atoms with Crippen LogP contribution in [0.15, 0.2) is 30.3 Å². The van der Waals surface area contributed by atoms with Crippen LogP contribution in [0.5, 0.6) is 0 Å². The molecule has 5 heteroatoms. The third kappa shape index (κ3) is 5.05. The van der Waals surface area contributed by atoms with Crippen molar-refractivity contribution in [3.05, 3.63) is 35.9 Å². The van der Waals surface area contributed by atoms with Gasteiger partial charge in [0.25, 0.3) is 0 Å². The van der Waals surface area contributed by atoms with Gasteiger partial charge < -0.3 is 15.5 Å². The minimum Gasteiger partial charge on any atom is -0.344 e. The molecule has 2 amide bonds. The Balaban J connectivity index is 2.16. The molecule has 1 aliphatic heterocycles. The molecule has 138 valence electrons. The van der Waals surface area contributed by atoms with E-state index in [1.807, 2.05) is 30.3 Å². The molecule has 5 nitrogen and oxygen atoms in total. The van der Waals surface area contributed by atoms with Crippen molar-refractivity contribution in [1.82, 2.24) is 9.80 Å². The van der Waals surface area contributed by atoms with Gasteiger partial charge in [0, 0.05) is 32.6 Å². The maximum absolute atomic E-state index is 13.2. The number of benzene rings is 1. The summed E-state index contributed by atoms with van der Waals surface area (Å²) >= 11 is 0. The number of hydrogen-bond donors (Lipinski definition) is 1. The van der Waals surface area contributed by atoms with E-state index < -0.39 is 6.04 Å². The first-order valence-corrected chi connectivity index (χ1v) is 9.26. The third-order valence-electron chi connectivity index (χ3n) is 5.05. The number of likely N-dealkylation sites (N-methyl/N-ethyl adjacent to an activating group) is 1. The van der Waals surface area contributed by atoms with Gasteiger partial charge in [-0.2, -0.15) is 0 Å². The van der Waals surface area contributed by atoms with Crippen LogP contribution >= 0.6 is 0 Å². The average Bonchev–Trinajstić information content (AvgIpc) is 2.61. The van der Waals surface area contributed by atoms with Gasteiger partial charge >= 0.3 is 0 Å². The van der Waals surface area contributed by atoms with Crippen LogP contribution in [0, 0.1) is 5.92 Å². The number of carbonyl (C=O) groups excluding carboxylic acids is 2. The quantitative estimate of drug-likeness (QED) is 0.826. The van der Waals surface area contributed by atoms with Crippen molar-refractivity contribution in [2.24, 2.45) is 11.7 Å². The van der Waals surface area contributed by atoms with Gasteiger partial charge in [-0.25, -0.2) is 0 Å². The van der Waals surface area contributed by atoms with Crippen molar-refractivity contribution < 1.29 is 9.59 Å². The van der Waals surface area contributed by atoms with Crippen molar-refractivity contribution in [2.45, 2.75) is 51.6 Å². The molecule has 0 bridgehead atoms. The van der Waals surface area contributed by atoms with E-state index in [0.717, 1.165) is 24.8 Å². The molecule has 1 aromatic rings. The second kappa shape index (κ2) is 8.99. The van der Waals surface area contributed by atoms with Gasteiger partial charge in [0.15, 0.2) is 0 Å². The normalized spacial score (nSPS) is 17.5. The molecule has 0 aliphatic carbocycles. The molecule has 2 rings (SSSR count). The summed E-state index contributed by atoms with van der Waals surface area (Å²) in [6.45, 7) is 5.42. The number of nitrogens with two attached hydrogens (primary N) is 1. The molecule has 1 heterocycles. The third-order valence-corrected chi connectivity index (χ3v) is 5.05. The first-order valence-electron chi connectivity index (χ1n) is 9.26. The van der Waals surface area contributed by atoms with Crippen LogP contribution in [-0.2, 0) is 9.59 Å². The maximum atomic E-state index is 13.2. The zero-order chi connectivity index (χ0) is 18.4. The Morgan fingerprint density at radius 1 is 1.24 bits per heavy atom. The monoisotopic (exact) mass is 345 g/mol. The van der Waals surface area contributed by atoms with Gasteiger partial charge in [-0.15, -0.1) is 0 Å². The molecule has 0 saturated carbocycles. The van der Waals surface area contributed by atoms with Gasteiger partial charge in [0.2, 0.25) is 11.8 Å². The Labute approximate surface area is 151 Å². The smallest absolute Gasteiger partial charge is 0.249 e.